The van der Waals surface area contributed by atoms with Crippen LogP contribution in [0.5, 0.6) is 5.75 Å². The molecular weight excluding hydrogens is 218 g/mol. The first-order valence-corrected chi connectivity index (χ1v) is 5.70. The fourth-order valence-corrected chi connectivity index (χ4v) is 2.36. The molecule has 1 aromatic rings. The molecule has 2 rings (SSSR count). The first-order valence-electron chi connectivity index (χ1n) is 5.70. The normalized spacial score (nSPS) is 19.8. The van der Waals surface area contributed by atoms with Crippen molar-refractivity contribution in [3.8, 4) is 5.75 Å². The van der Waals surface area contributed by atoms with Gasteiger partial charge in [0, 0.05) is 12.6 Å². The minimum absolute atomic E-state index is 0.0497. The van der Waals surface area contributed by atoms with Gasteiger partial charge >= 0.3 is 5.97 Å². The van der Waals surface area contributed by atoms with Crippen molar-refractivity contribution in [2.24, 2.45) is 0 Å². The number of carboxylic acids is 1. The summed E-state index contributed by atoms with van der Waals surface area (Å²) in [6.45, 7) is 0.900. The third kappa shape index (κ3) is 2.42. The van der Waals surface area contributed by atoms with Crippen LogP contribution in [0.1, 0.15) is 23.6 Å². The topological polar surface area (TPSA) is 49.8 Å². The Morgan fingerprint density at radius 1 is 1.59 bits per heavy atom. The van der Waals surface area contributed by atoms with Crippen LogP contribution >= 0.6 is 0 Å². The fourth-order valence-electron chi connectivity index (χ4n) is 2.36. The zero-order valence-electron chi connectivity index (χ0n) is 10.1. The monoisotopic (exact) mass is 235 g/mol. The molecule has 1 atom stereocenters. The van der Waals surface area contributed by atoms with E-state index in [1.807, 2.05) is 25.2 Å². The molecule has 0 aromatic heterocycles. The highest BCUT2D eigenvalue weighted by atomic mass is 16.5. The Hall–Kier alpha value is -1.55. The molecule has 1 unspecified atom stereocenters. The molecule has 17 heavy (non-hydrogen) atoms. The lowest BCUT2D eigenvalue weighted by Crippen LogP contribution is -2.33. The van der Waals surface area contributed by atoms with Crippen molar-refractivity contribution in [1.29, 1.82) is 0 Å². The number of aliphatic carboxylic acids is 1. The third-order valence-electron chi connectivity index (χ3n) is 3.35. The number of hydrogen-bond acceptors (Lipinski definition) is 3. The molecule has 0 aliphatic carbocycles. The van der Waals surface area contributed by atoms with E-state index in [1.54, 1.807) is 7.11 Å². The third-order valence-corrected chi connectivity index (χ3v) is 3.35. The van der Waals surface area contributed by atoms with Gasteiger partial charge in [0.1, 0.15) is 5.75 Å². The Morgan fingerprint density at radius 3 is 3.00 bits per heavy atom. The number of nitrogens with zero attached hydrogens (tertiary/aromatic N) is 1. The zero-order chi connectivity index (χ0) is 12.4. The summed E-state index contributed by atoms with van der Waals surface area (Å²) < 4.78 is 5.20. The molecule has 0 radical (unpaired) electrons. The molecule has 4 nitrogen and oxygen atoms in total. The van der Waals surface area contributed by atoms with Crippen LogP contribution in [0, 0.1) is 0 Å². The second-order valence-corrected chi connectivity index (χ2v) is 4.41. The molecule has 1 aliphatic heterocycles. The van der Waals surface area contributed by atoms with E-state index in [0.29, 0.717) is 0 Å². The molecule has 92 valence electrons. The Labute approximate surface area is 101 Å². The van der Waals surface area contributed by atoms with Gasteiger partial charge in [0.25, 0.3) is 0 Å². The summed E-state index contributed by atoms with van der Waals surface area (Å²) >= 11 is 0. The van der Waals surface area contributed by atoms with Crippen molar-refractivity contribution in [2.45, 2.75) is 18.9 Å². The lowest BCUT2D eigenvalue weighted by Gasteiger charge is -2.33. The van der Waals surface area contributed by atoms with Crippen molar-refractivity contribution in [2.75, 3.05) is 20.7 Å². The number of fused-ring (bicyclic) bond motifs is 1. The predicted octanol–water partition coefficient (Wildman–Crippen LogP) is 1.70. The van der Waals surface area contributed by atoms with Gasteiger partial charge in [-0.1, -0.05) is 6.07 Å². The van der Waals surface area contributed by atoms with E-state index in [-0.39, 0.29) is 12.5 Å². The fraction of sp³-hybridized carbons (Fsp3) is 0.462. The molecule has 1 aliphatic rings. The summed E-state index contributed by atoms with van der Waals surface area (Å²) in [5.74, 6) is 0.0203. The summed E-state index contributed by atoms with van der Waals surface area (Å²) in [5, 5.41) is 8.98. The van der Waals surface area contributed by atoms with Crippen molar-refractivity contribution in [3.05, 3.63) is 29.3 Å². The van der Waals surface area contributed by atoms with Gasteiger partial charge in [0.05, 0.1) is 13.5 Å². The first-order chi connectivity index (χ1) is 8.11. The summed E-state index contributed by atoms with van der Waals surface area (Å²) in [4.78, 5) is 13.0. The molecule has 0 amide bonds. The van der Waals surface area contributed by atoms with Gasteiger partial charge in [-0.15, -0.1) is 0 Å². The van der Waals surface area contributed by atoms with Crippen LogP contribution in [-0.2, 0) is 11.2 Å². The second kappa shape index (κ2) is 4.75. The Balaban J connectivity index is 2.37. The highest BCUT2D eigenvalue weighted by Crippen LogP contribution is 2.33. The van der Waals surface area contributed by atoms with E-state index in [4.69, 9.17) is 9.84 Å². The number of carbonyl (C=O) groups is 1. The van der Waals surface area contributed by atoms with Crippen molar-refractivity contribution >= 4 is 5.97 Å². The lowest BCUT2D eigenvalue weighted by atomic mass is 9.91. The van der Waals surface area contributed by atoms with Crippen LogP contribution in [-0.4, -0.2) is 36.7 Å². The molecule has 1 N–H and O–H groups in total. The zero-order valence-corrected chi connectivity index (χ0v) is 10.1. The van der Waals surface area contributed by atoms with Gasteiger partial charge in [-0.2, -0.15) is 0 Å². The van der Waals surface area contributed by atoms with E-state index in [9.17, 15) is 4.79 Å². The summed E-state index contributed by atoms with van der Waals surface area (Å²) in [5.41, 5.74) is 2.32. The van der Waals surface area contributed by atoms with Crippen molar-refractivity contribution < 1.29 is 14.6 Å². The average molecular weight is 235 g/mol. The van der Waals surface area contributed by atoms with Gasteiger partial charge in [-0.05, 0) is 36.7 Å². The van der Waals surface area contributed by atoms with E-state index in [0.717, 1.165) is 24.3 Å². The number of methoxy groups -OCH3 is 1. The summed E-state index contributed by atoms with van der Waals surface area (Å²) in [6.07, 6.45) is 1.10. The Kier molecular flexibility index (Phi) is 3.33. The second-order valence-electron chi connectivity index (χ2n) is 4.41. The number of benzene rings is 1. The van der Waals surface area contributed by atoms with E-state index in [1.165, 1.54) is 5.56 Å². The van der Waals surface area contributed by atoms with Crippen LogP contribution in [0.25, 0.3) is 0 Å². The van der Waals surface area contributed by atoms with Crippen LogP contribution in [0.15, 0.2) is 18.2 Å². The Morgan fingerprint density at radius 2 is 2.35 bits per heavy atom. The molecule has 1 heterocycles. The molecule has 0 bridgehead atoms. The molecule has 0 saturated carbocycles. The predicted molar refractivity (Wildman–Crippen MR) is 64.3 cm³/mol. The standard InChI is InChI=1S/C13H17NO3/c1-14-6-5-9-3-4-10(17-2)7-11(9)12(14)8-13(15)16/h3-4,7,12H,5-6,8H2,1-2H3,(H,15,16). The first kappa shape index (κ1) is 11.9. The number of carboxylic acid groups (broad SMARTS) is 1. The number of rotatable bonds is 3. The molecule has 0 saturated heterocycles. The molecule has 4 heteroatoms. The number of hydrogen-bond donors (Lipinski definition) is 1. The lowest BCUT2D eigenvalue weighted by molar-refractivity contribution is -0.138. The number of likely N-dealkylation sites (N-methyl/N-ethyl adjacent to an activating group) is 1. The van der Waals surface area contributed by atoms with Gasteiger partial charge in [0.2, 0.25) is 0 Å². The van der Waals surface area contributed by atoms with Crippen LogP contribution < -0.4 is 4.74 Å². The molecule has 0 fully saturated rings. The van der Waals surface area contributed by atoms with E-state index in [2.05, 4.69) is 4.90 Å². The maximum atomic E-state index is 10.9. The van der Waals surface area contributed by atoms with Crippen molar-refractivity contribution in [1.82, 2.24) is 4.90 Å². The van der Waals surface area contributed by atoms with E-state index < -0.39 is 5.97 Å². The largest absolute Gasteiger partial charge is 0.497 e. The summed E-state index contributed by atoms with van der Waals surface area (Å²) in [7, 11) is 3.59. The molecule has 1 aromatic carbocycles. The SMILES string of the molecule is COc1ccc2c(c1)C(CC(=O)O)N(C)CC2. The quantitative estimate of drug-likeness (QED) is 0.866. The maximum Gasteiger partial charge on any atom is 0.305 e. The smallest absolute Gasteiger partial charge is 0.305 e. The Bertz CT molecular complexity index is 431. The summed E-state index contributed by atoms with van der Waals surface area (Å²) in [6, 6.07) is 5.88. The van der Waals surface area contributed by atoms with Gasteiger partial charge in [0.15, 0.2) is 0 Å². The van der Waals surface area contributed by atoms with Crippen molar-refractivity contribution in [3.63, 3.8) is 0 Å². The van der Waals surface area contributed by atoms with Crippen LogP contribution in [0.4, 0.5) is 0 Å². The highest BCUT2D eigenvalue weighted by Gasteiger charge is 2.27. The molecular formula is C13H17NO3. The van der Waals surface area contributed by atoms with Crippen LogP contribution in [0.2, 0.25) is 0 Å². The van der Waals surface area contributed by atoms with Gasteiger partial charge < -0.3 is 9.84 Å². The minimum Gasteiger partial charge on any atom is -0.497 e. The molecule has 0 spiro atoms. The van der Waals surface area contributed by atoms with Crippen LogP contribution in [0.3, 0.4) is 0 Å². The van der Waals surface area contributed by atoms with Gasteiger partial charge in [-0.3, -0.25) is 9.69 Å². The minimum atomic E-state index is -0.766. The number of ether oxygens (including phenoxy) is 1. The average Bonchev–Trinajstić information content (AvgIpc) is 2.32. The maximum absolute atomic E-state index is 10.9. The van der Waals surface area contributed by atoms with E-state index >= 15 is 0 Å². The van der Waals surface area contributed by atoms with Gasteiger partial charge in [-0.25, -0.2) is 0 Å². The highest BCUT2D eigenvalue weighted by molar-refractivity contribution is 5.68.